The molecule has 0 bridgehead atoms. The highest BCUT2D eigenvalue weighted by molar-refractivity contribution is 9.10. The Kier molecular flexibility index (Phi) is 8.18. The lowest BCUT2D eigenvalue weighted by molar-refractivity contribution is 0.194. The molecule has 0 aliphatic carbocycles. The predicted molar refractivity (Wildman–Crippen MR) is 99.6 cm³/mol. The maximum Gasteiger partial charge on any atom is 0.167 e. The molecule has 4 nitrogen and oxygen atoms in total. The van der Waals surface area contributed by atoms with Crippen LogP contribution in [0.3, 0.4) is 0 Å². The zero-order chi connectivity index (χ0) is 18.1. The van der Waals surface area contributed by atoms with Gasteiger partial charge in [0.15, 0.2) is 11.5 Å². The Morgan fingerprint density at radius 3 is 2.52 bits per heavy atom. The molecule has 0 atom stereocenters. The molecule has 2 rings (SSSR count). The van der Waals surface area contributed by atoms with Crippen molar-refractivity contribution in [3.05, 3.63) is 57.8 Å². The summed E-state index contributed by atoms with van der Waals surface area (Å²) in [5, 5.41) is 3.38. The van der Waals surface area contributed by atoms with E-state index in [4.69, 9.17) is 14.2 Å². The smallest absolute Gasteiger partial charge is 0.167 e. The van der Waals surface area contributed by atoms with Crippen molar-refractivity contribution < 1.29 is 18.6 Å². The van der Waals surface area contributed by atoms with Crippen LogP contribution in [0.5, 0.6) is 11.5 Å². The number of hydrogen-bond donors (Lipinski definition) is 1. The maximum atomic E-state index is 13.0. The van der Waals surface area contributed by atoms with Crippen LogP contribution in [0.1, 0.15) is 17.5 Å². The van der Waals surface area contributed by atoms with E-state index in [2.05, 4.69) is 21.2 Å². The third-order valence-corrected chi connectivity index (χ3v) is 4.43. The van der Waals surface area contributed by atoms with Gasteiger partial charge < -0.3 is 19.5 Å². The number of ether oxygens (including phenoxy) is 3. The van der Waals surface area contributed by atoms with Crippen LogP contribution in [0.2, 0.25) is 0 Å². The first kappa shape index (κ1) is 19.7. The molecule has 2 aromatic carbocycles. The molecule has 0 unspecified atom stereocenters. The van der Waals surface area contributed by atoms with Crippen LogP contribution < -0.4 is 14.8 Å². The zero-order valence-corrected chi connectivity index (χ0v) is 16.1. The van der Waals surface area contributed by atoms with Crippen molar-refractivity contribution in [2.45, 2.75) is 19.6 Å². The van der Waals surface area contributed by atoms with E-state index in [1.165, 1.54) is 12.1 Å². The molecule has 6 heteroatoms. The lowest BCUT2D eigenvalue weighted by atomic mass is 10.1. The van der Waals surface area contributed by atoms with Gasteiger partial charge in [-0.2, -0.15) is 0 Å². The first-order chi connectivity index (χ1) is 12.2. The first-order valence-corrected chi connectivity index (χ1v) is 8.87. The van der Waals surface area contributed by atoms with E-state index in [1.807, 2.05) is 12.1 Å². The van der Waals surface area contributed by atoms with E-state index >= 15 is 0 Å². The molecule has 0 saturated carbocycles. The molecule has 0 amide bonds. The van der Waals surface area contributed by atoms with Crippen LogP contribution in [0.4, 0.5) is 4.39 Å². The van der Waals surface area contributed by atoms with Gasteiger partial charge in [0, 0.05) is 30.3 Å². The minimum atomic E-state index is -0.260. The van der Waals surface area contributed by atoms with Crippen molar-refractivity contribution in [1.82, 2.24) is 5.32 Å². The lowest BCUT2D eigenvalue weighted by Crippen LogP contribution is -2.17. The molecule has 0 saturated heterocycles. The minimum Gasteiger partial charge on any atom is -0.493 e. The van der Waals surface area contributed by atoms with Crippen LogP contribution in [-0.4, -0.2) is 27.4 Å². The van der Waals surface area contributed by atoms with Crippen molar-refractivity contribution in [3.8, 4) is 11.5 Å². The summed E-state index contributed by atoms with van der Waals surface area (Å²) in [4.78, 5) is 0. The Bertz CT molecular complexity index is 664. The normalized spacial score (nSPS) is 10.7. The van der Waals surface area contributed by atoms with Gasteiger partial charge >= 0.3 is 0 Å². The Balaban J connectivity index is 2.10. The second kappa shape index (κ2) is 10.4. The van der Waals surface area contributed by atoms with Crippen molar-refractivity contribution in [3.63, 3.8) is 0 Å². The maximum absolute atomic E-state index is 13.0. The van der Waals surface area contributed by atoms with E-state index < -0.39 is 0 Å². The number of rotatable bonds is 10. The quantitative estimate of drug-likeness (QED) is 0.591. The van der Waals surface area contributed by atoms with Crippen LogP contribution in [0.25, 0.3) is 0 Å². The van der Waals surface area contributed by atoms with Gasteiger partial charge in [-0.05, 0) is 42.8 Å². The van der Waals surface area contributed by atoms with E-state index in [1.54, 1.807) is 26.4 Å². The molecule has 0 aromatic heterocycles. The fraction of sp³-hybridized carbons (Fsp3) is 0.368. The molecule has 0 aliphatic heterocycles. The third-order valence-electron chi connectivity index (χ3n) is 3.69. The highest BCUT2D eigenvalue weighted by Crippen LogP contribution is 2.36. The number of methoxy groups -OCH3 is 2. The molecule has 136 valence electrons. The average molecular weight is 412 g/mol. The van der Waals surface area contributed by atoms with E-state index in [9.17, 15) is 4.39 Å². The largest absolute Gasteiger partial charge is 0.493 e. The van der Waals surface area contributed by atoms with Crippen molar-refractivity contribution in [2.24, 2.45) is 0 Å². The van der Waals surface area contributed by atoms with Crippen molar-refractivity contribution >= 4 is 15.9 Å². The second-order valence-electron chi connectivity index (χ2n) is 5.50. The lowest BCUT2D eigenvalue weighted by Gasteiger charge is -2.17. The molecule has 25 heavy (non-hydrogen) atoms. The van der Waals surface area contributed by atoms with Gasteiger partial charge in [0.05, 0.1) is 7.11 Å². The van der Waals surface area contributed by atoms with Crippen LogP contribution in [0.15, 0.2) is 40.9 Å². The van der Waals surface area contributed by atoms with Crippen molar-refractivity contribution in [2.75, 3.05) is 27.4 Å². The fourth-order valence-electron chi connectivity index (χ4n) is 2.36. The fourth-order valence-corrected chi connectivity index (χ4v) is 2.81. The van der Waals surface area contributed by atoms with Gasteiger partial charge in [-0.25, -0.2) is 4.39 Å². The van der Waals surface area contributed by atoms with E-state index in [0.29, 0.717) is 24.7 Å². The van der Waals surface area contributed by atoms with E-state index in [-0.39, 0.29) is 5.82 Å². The third kappa shape index (κ3) is 5.99. The van der Waals surface area contributed by atoms with Gasteiger partial charge in [0.25, 0.3) is 0 Å². The Hall–Kier alpha value is -1.63. The standard InChI is InChI=1S/C19H23BrFNO3/c1-23-11-3-10-22-12-16-17(20)8-9-18(24-2)19(16)25-13-14-4-6-15(21)7-5-14/h4-9,22H,3,10-13H2,1-2H3. The molecule has 0 aliphatic rings. The van der Waals surface area contributed by atoms with Gasteiger partial charge in [0.1, 0.15) is 12.4 Å². The number of benzene rings is 2. The van der Waals surface area contributed by atoms with Crippen LogP contribution in [-0.2, 0) is 17.9 Å². The number of nitrogens with one attached hydrogen (secondary N) is 1. The number of halogens is 2. The molecule has 0 heterocycles. The molecular formula is C19H23BrFNO3. The van der Waals surface area contributed by atoms with Gasteiger partial charge in [-0.1, -0.05) is 28.1 Å². The van der Waals surface area contributed by atoms with Gasteiger partial charge in [-0.15, -0.1) is 0 Å². The summed E-state index contributed by atoms with van der Waals surface area (Å²) in [6.45, 7) is 2.54. The molecule has 0 spiro atoms. The first-order valence-electron chi connectivity index (χ1n) is 8.08. The Morgan fingerprint density at radius 2 is 1.84 bits per heavy atom. The summed E-state index contributed by atoms with van der Waals surface area (Å²) in [5.41, 5.74) is 1.88. The summed E-state index contributed by atoms with van der Waals surface area (Å²) >= 11 is 3.58. The Morgan fingerprint density at radius 1 is 1.08 bits per heavy atom. The molecular weight excluding hydrogens is 389 g/mol. The average Bonchev–Trinajstić information content (AvgIpc) is 2.62. The minimum absolute atomic E-state index is 0.260. The highest BCUT2D eigenvalue weighted by Gasteiger charge is 2.14. The summed E-state index contributed by atoms with van der Waals surface area (Å²) in [5.74, 6) is 1.09. The zero-order valence-electron chi connectivity index (χ0n) is 14.5. The van der Waals surface area contributed by atoms with Gasteiger partial charge in [-0.3, -0.25) is 0 Å². The summed E-state index contributed by atoms with van der Waals surface area (Å²) in [6.07, 6.45) is 0.934. The van der Waals surface area contributed by atoms with Crippen LogP contribution in [0, 0.1) is 5.82 Å². The molecule has 1 N–H and O–H groups in total. The summed E-state index contributed by atoms with van der Waals surface area (Å²) < 4.78 is 30.5. The summed E-state index contributed by atoms with van der Waals surface area (Å²) in [6, 6.07) is 10.1. The monoisotopic (exact) mass is 411 g/mol. The van der Waals surface area contributed by atoms with Gasteiger partial charge in [0.2, 0.25) is 0 Å². The number of hydrogen-bond acceptors (Lipinski definition) is 4. The Labute approximate surface area is 156 Å². The SMILES string of the molecule is COCCCNCc1c(Br)ccc(OC)c1OCc1ccc(F)cc1. The molecule has 0 fully saturated rings. The summed E-state index contributed by atoms with van der Waals surface area (Å²) in [7, 11) is 3.31. The molecule has 2 aromatic rings. The topological polar surface area (TPSA) is 39.7 Å². The van der Waals surface area contributed by atoms with Crippen molar-refractivity contribution in [1.29, 1.82) is 0 Å². The second-order valence-corrected chi connectivity index (χ2v) is 6.35. The molecule has 0 radical (unpaired) electrons. The van der Waals surface area contributed by atoms with Crippen LogP contribution >= 0.6 is 15.9 Å². The predicted octanol–water partition coefficient (Wildman–Crippen LogP) is 4.30. The highest BCUT2D eigenvalue weighted by atomic mass is 79.9. The van der Waals surface area contributed by atoms with E-state index in [0.717, 1.165) is 35.2 Å².